The standard InChI is InChI=1S/C10H11BN2O2/c1-13-7-9(6-12-13)8-3-2-4-10(5-8)11(14)15/h2-7,14-15H,1H3. The quantitative estimate of drug-likeness (QED) is 0.661. The summed E-state index contributed by atoms with van der Waals surface area (Å²) in [5.41, 5.74) is 2.37. The molecule has 15 heavy (non-hydrogen) atoms. The molecule has 0 amide bonds. The van der Waals surface area contributed by atoms with Crippen LogP contribution in [-0.4, -0.2) is 26.9 Å². The maximum atomic E-state index is 9.03. The molecule has 0 bridgehead atoms. The number of hydrogen-bond donors (Lipinski definition) is 2. The molecular formula is C10H11BN2O2. The van der Waals surface area contributed by atoms with Crippen LogP contribution in [0.3, 0.4) is 0 Å². The van der Waals surface area contributed by atoms with E-state index in [0.29, 0.717) is 5.46 Å². The van der Waals surface area contributed by atoms with Crippen LogP contribution in [0.15, 0.2) is 36.7 Å². The summed E-state index contributed by atoms with van der Waals surface area (Å²) in [6.45, 7) is 0. The molecule has 0 fully saturated rings. The van der Waals surface area contributed by atoms with Gasteiger partial charge in [0.25, 0.3) is 0 Å². The molecule has 1 heterocycles. The highest BCUT2D eigenvalue weighted by atomic mass is 16.4. The molecule has 1 aromatic carbocycles. The van der Waals surface area contributed by atoms with Crippen molar-refractivity contribution in [2.24, 2.45) is 7.05 Å². The molecule has 2 N–H and O–H groups in total. The van der Waals surface area contributed by atoms with E-state index in [1.54, 1.807) is 29.1 Å². The van der Waals surface area contributed by atoms with Crippen LogP contribution in [0.2, 0.25) is 0 Å². The van der Waals surface area contributed by atoms with Gasteiger partial charge in [-0.25, -0.2) is 0 Å². The summed E-state index contributed by atoms with van der Waals surface area (Å²) < 4.78 is 1.71. The van der Waals surface area contributed by atoms with Crippen LogP contribution in [0.4, 0.5) is 0 Å². The Balaban J connectivity index is 2.41. The minimum Gasteiger partial charge on any atom is -0.423 e. The van der Waals surface area contributed by atoms with Crippen molar-refractivity contribution < 1.29 is 10.0 Å². The van der Waals surface area contributed by atoms with Gasteiger partial charge in [0.2, 0.25) is 0 Å². The summed E-state index contributed by atoms with van der Waals surface area (Å²) in [6.07, 6.45) is 3.62. The van der Waals surface area contributed by atoms with Crippen LogP contribution in [0, 0.1) is 0 Å². The first-order valence-electron chi connectivity index (χ1n) is 4.62. The Morgan fingerprint density at radius 2 is 2.07 bits per heavy atom. The molecule has 0 radical (unpaired) electrons. The molecule has 0 aliphatic heterocycles. The highest BCUT2D eigenvalue weighted by Gasteiger charge is 2.11. The smallest absolute Gasteiger partial charge is 0.423 e. The van der Waals surface area contributed by atoms with Gasteiger partial charge in [-0.2, -0.15) is 5.10 Å². The van der Waals surface area contributed by atoms with Crippen molar-refractivity contribution in [3.63, 3.8) is 0 Å². The molecule has 2 aromatic rings. The molecule has 0 spiro atoms. The predicted molar refractivity (Wildman–Crippen MR) is 58.5 cm³/mol. The van der Waals surface area contributed by atoms with Gasteiger partial charge >= 0.3 is 7.12 Å². The molecule has 0 aliphatic carbocycles. The van der Waals surface area contributed by atoms with Gasteiger partial charge in [0.15, 0.2) is 0 Å². The van der Waals surface area contributed by atoms with Crippen molar-refractivity contribution >= 4 is 12.6 Å². The number of aromatic nitrogens is 2. The first-order valence-corrected chi connectivity index (χ1v) is 4.62. The Kier molecular flexibility index (Phi) is 2.57. The summed E-state index contributed by atoms with van der Waals surface area (Å²) in [6, 6.07) is 7.10. The van der Waals surface area contributed by atoms with Crippen LogP contribution < -0.4 is 5.46 Å². The molecule has 76 valence electrons. The Bertz CT molecular complexity index is 468. The second kappa shape index (κ2) is 3.88. The summed E-state index contributed by atoms with van der Waals surface area (Å²) >= 11 is 0. The molecule has 5 heteroatoms. The maximum absolute atomic E-state index is 9.03. The molecule has 2 rings (SSSR count). The van der Waals surface area contributed by atoms with E-state index in [1.807, 2.05) is 19.3 Å². The van der Waals surface area contributed by atoms with Gasteiger partial charge in [-0.05, 0) is 11.0 Å². The van der Waals surface area contributed by atoms with E-state index < -0.39 is 7.12 Å². The number of rotatable bonds is 2. The van der Waals surface area contributed by atoms with E-state index in [9.17, 15) is 0 Å². The average molecular weight is 202 g/mol. The fourth-order valence-electron chi connectivity index (χ4n) is 1.45. The zero-order chi connectivity index (χ0) is 10.8. The molecule has 0 saturated carbocycles. The molecule has 0 aliphatic rings. The van der Waals surface area contributed by atoms with E-state index in [0.717, 1.165) is 11.1 Å². The van der Waals surface area contributed by atoms with Crippen molar-refractivity contribution in [2.75, 3.05) is 0 Å². The molecule has 1 aromatic heterocycles. The average Bonchev–Trinajstić information content (AvgIpc) is 2.65. The van der Waals surface area contributed by atoms with E-state index in [4.69, 9.17) is 10.0 Å². The zero-order valence-corrected chi connectivity index (χ0v) is 8.33. The van der Waals surface area contributed by atoms with Gasteiger partial charge in [-0.1, -0.05) is 24.3 Å². The predicted octanol–water partition coefficient (Wildman–Crippen LogP) is -0.233. The summed E-state index contributed by atoms with van der Waals surface area (Å²) in [5.74, 6) is 0. The fourth-order valence-corrected chi connectivity index (χ4v) is 1.45. The van der Waals surface area contributed by atoms with Gasteiger partial charge in [-0.3, -0.25) is 4.68 Å². The van der Waals surface area contributed by atoms with Gasteiger partial charge in [0.05, 0.1) is 6.20 Å². The highest BCUT2D eigenvalue weighted by molar-refractivity contribution is 6.58. The van der Waals surface area contributed by atoms with Crippen LogP contribution in [0.25, 0.3) is 11.1 Å². The fraction of sp³-hybridized carbons (Fsp3) is 0.100. The van der Waals surface area contributed by atoms with E-state index in [-0.39, 0.29) is 0 Å². The first kappa shape index (κ1) is 9.95. The molecule has 0 atom stereocenters. The van der Waals surface area contributed by atoms with Crippen molar-refractivity contribution in [3.8, 4) is 11.1 Å². The van der Waals surface area contributed by atoms with Gasteiger partial charge < -0.3 is 10.0 Å². The third-order valence-electron chi connectivity index (χ3n) is 2.22. The second-order valence-corrected chi connectivity index (χ2v) is 3.40. The van der Waals surface area contributed by atoms with Gasteiger partial charge in [0.1, 0.15) is 0 Å². The lowest BCUT2D eigenvalue weighted by Gasteiger charge is -2.01. The van der Waals surface area contributed by atoms with Crippen LogP contribution in [0.1, 0.15) is 0 Å². The SMILES string of the molecule is Cn1cc(-c2cccc(B(O)O)c2)cn1. The lowest BCUT2D eigenvalue weighted by Crippen LogP contribution is -2.29. The summed E-state index contributed by atoms with van der Waals surface area (Å²) in [4.78, 5) is 0. The first-order chi connectivity index (χ1) is 7.16. The lowest BCUT2D eigenvalue weighted by molar-refractivity contribution is 0.426. The number of nitrogens with zero attached hydrogens (tertiary/aromatic N) is 2. The van der Waals surface area contributed by atoms with Crippen LogP contribution >= 0.6 is 0 Å². The number of benzene rings is 1. The van der Waals surface area contributed by atoms with Gasteiger partial charge in [-0.15, -0.1) is 0 Å². The maximum Gasteiger partial charge on any atom is 0.488 e. The third-order valence-corrected chi connectivity index (χ3v) is 2.22. The van der Waals surface area contributed by atoms with Crippen molar-refractivity contribution in [3.05, 3.63) is 36.7 Å². The zero-order valence-electron chi connectivity index (χ0n) is 8.33. The van der Waals surface area contributed by atoms with E-state index >= 15 is 0 Å². The third kappa shape index (κ3) is 2.08. The molecule has 0 unspecified atom stereocenters. The van der Waals surface area contributed by atoms with E-state index in [2.05, 4.69) is 5.10 Å². The monoisotopic (exact) mass is 202 g/mol. The van der Waals surface area contributed by atoms with Crippen LogP contribution in [-0.2, 0) is 7.05 Å². The largest absolute Gasteiger partial charge is 0.488 e. The molecular weight excluding hydrogens is 191 g/mol. The molecule has 4 nitrogen and oxygen atoms in total. The normalized spacial score (nSPS) is 10.3. The topological polar surface area (TPSA) is 58.3 Å². The second-order valence-electron chi connectivity index (χ2n) is 3.40. The number of aryl methyl sites for hydroxylation is 1. The van der Waals surface area contributed by atoms with E-state index in [1.165, 1.54) is 0 Å². The highest BCUT2D eigenvalue weighted by Crippen LogP contribution is 2.16. The van der Waals surface area contributed by atoms with Crippen molar-refractivity contribution in [1.82, 2.24) is 9.78 Å². The minimum absolute atomic E-state index is 0.483. The van der Waals surface area contributed by atoms with Gasteiger partial charge in [0, 0.05) is 18.8 Å². The van der Waals surface area contributed by atoms with Crippen molar-refractivity contribution in [2.45, 2.75) is 0 Å². The summed E-state index contributed by atoms with van der Waals surface area (Å²) in [7, 11) is 0.412. The van der Waals surface area contributed by atoms with Crippen LogP contribution in [0.5, 0.6) is 0 Å². The lowest BCUT2D eigenvalue weighted by atomic mass is 9.79. The minimum atomic E-state index is -1.43. The summed E-state index contributed by atoms with van der Waals surface area (Å²) in [5, 5.41) is 22.1. The Hall–Kier alpha value is -1.59. The molecule has 0 saturated heterocycles. The Morgan fingerprint density at radius 1 is 1.27 bits per heavy atom. The Labute approximate surface area is 87.9 Å². The number of hydrogen-bond acceptors (Lipinski definition) is 3. The Morgan fingerprint density at radius 3 is 2.67 bits per heavy atom. The van der Waals surface area contributed by atoms with Crippen molar-refractivity contribution in [1.29, 1.82) is 0 Å².